The summed E-state index contributed by atoms with van der Waals surface area (Å²) in [6.07, 6.45) is 0.998. The van der Waals surface area contributed by atoms with Crippen molar-refractivity contribution in [2.75, 3.05) is 13.1 Å². The zero-order valence-corrected chi connectivity index (χ0v) is 11.4. The minimum Gasteiger partial charge on any atom is -0.337 e. The minimum atomic E-state index is 0.105. The highest BCUT2D eigenvalue weighted by molar-refractivity contribution is 5.95. The smallest absolute Gasteiger partial charge is 0.254 e. The number of likely N-dealkylation sites (tertiary alicyclic amines) is 1. The number of carbonyl (C=O) groups is 1. The Kier molecular flexibility index (Phi) is 3.71. The molecule has 18 heavy (non-hydrogen) atoms. The van der Waals surface area contributed by atoms with Crippen LogP contribution in [0, 0.1) is 19.8 Å². The third-order valence-electron chi connectivity index (χ3n) is 3.92. The monoisotopic (exact) mass is 246 g/mol. The van der Waals surface area contributed by atoms with Crippen molar-refractivity contribution < 1.29 is 4.79 Å². The second-order valence-corrected chi connectivity index (χ2v) is 5.50. The first kappa shape index (κ1) is 13.1. The third-order valence-corrected chi connectivity index (χ3v) is 3.92. The molecule has 1 amide bonds. The summed E-state index contributed by atoms with van der Waals surface area (Å²) in [5, 5.41) is 0. The summed E-state index contributed by atoms with van der Waals surface area (Å²) in [7, 11) is 0. The summed E-state index contributed by atoms with van der Waals surface area (Å²) >= 11 is 0. The summed E-state index contributed by atoms with van der Waals surface area (Å²) in [6, 6.07) is 6.08. The number of amides is 1. The van der Waals surface area contributed by atoms with Gasteiger partial charge in [-0.2, -0.15) is 0 Å². The number of aryl methyl sites for hydroxylation is 2. The molecule has 2 rings (SSSR count). The fourth-order valence-corrected chi connectivity index (χ4v) is 2.51. The molecule has 1 aliphatic rings. The van der Waals surface area contributed by atoms with E-state index in [4.69, 9.17) is 5.73 Å². The van der Waals surface area contributed by atoms with Gasteiger partial charge in [0.2, 0.25) is 0 Å². The molecule has 2 atom stereocenters. The molecule has 98 valence electrons. The second-order valence-electron chi connectivity index (χ2n) is 5.50. The number of carbonyl (C=O) groups excluding carboxylic acids is 1. The lowest BCUT2D eigenvalue weighted by Crippen LogP contribution is -2.49. The van der Waals surface area contributed by atoms with E-state index in [9.17, 15) is 4.79 Å². The lowest BCUT2D eigenvalue weighted by atomic mass is 9.93. The highest BCUT2D eigenvalue weighted by Crippen LogP contribution is 2.19. The maximum atomic E-state index is 12.5. The molecule has 2 N–H and O–H groups in total. The van der Waals surface area contributed by atoms with Gasteiger partial charge in [-0.05, 0) is 37.8 Å². The van der Waals surface area contributed by atoms with Gasteiger partial charge in [-0.25, -0.2) is 0 Å². The molecule has 0 aromatic heterocycles. The van der Waals surface area contributed by atoms with Crippen molar-refractivity contribution in [3.05, 3.63) is 34.9 Å². The van der Waals surface area contributed by atoms with Crippen LogP contribution in [0.5, 0.6) is 0 Å². The van der Waals surface area contributed by atoms with Gasteiger partial charge in [-0.3, -0.25) is 4.79 Å². The molecule has 1 heterocycles. The summed E-state index contributed by atoms with van der Waals surface area (Å²) in [5.41, 5.74) is 9.10. The molecule has 0 saturated carbocycles. The number of benzene rings is 1. The van der Waals surface area contributed by atoms with E-state index in [0.717, 1.165) is 24.1 Å². The van der Waals surface area contributed by atoms with Crippen LogP contribution in [0.25, 0.3) is 0 Å². The van der Waals surface area contributed by atoms with Gasteiger partial charge in [0.15, 0.2) is 0 Å². The van der Waals surface area contributed by atoms with Crippen LogP contribution in [0.2, 0.25) is 0 Å². The first-order valence-corrected chi connectivity index (χ1v) is 6.61. The van der Waals surface area contributed by atoms with E-state index in [0.29, 0.717) is 12.5 Å². The molecule has 1 fully saturated rings. The molecule has 0 radical (unpaired) electrons. The van der Waals surface area contributed by atoms with Crippen LogP contribution in [0.4, 0.5) is 0 Å². The lowest BCUT2D eigenvalue weighted by Gasteiger charge is -2.35. The van der Waals surface area contributed by atoms with Crippen molar-refractivity contribution in [1.82, 2.24) is 4.90 Å². The topological polar surface area (TPSA) is 46.3 Å². The maximum absolute atomic E-state index is 12.5. The van der Waals surface area contributed by atoms with Gasteiger partial charge in [0.05, 0.1) is 0 Å². The van der Waals surface area contributed by atoms with E-state index in [-0.39, 0.29) is 11.9 Å². The number of piperidine rings is 1. The minimum absolute atomic E-state index is 0.105. The van der Waals surface area contributed by atoms with E-state index in [1.54, 1.807) is 0 Å². The maximum Gasteiger partial charge on any atom is 0.254 e. The quantitative estimate of drug-likeness (QED) is 0.825. The van der Waals surface area contributed by atoms with E-state index in [1.165, 1.54) is 5.56 Å². The lowest BCUT2D eigenvalue weighted by molar-refractivity contribution is 0.0671. The third kappa shape index (κ3) is 2.56. The van der Waals surface area contributed by atoms with Gasteiger partial charge in [-0.15, -0.1) is 0 Å². The zero-order valence-electron chi connectivity index (χ0n) is 11.4. The summed E-state index contributed by atoms with van der Waals surface area (Å²) < 4.78 is 0. The highest BCUT2D eigenvalue weighted by atomic mass is 16.2. The van der Waals surface area contributed by atoms with Gasteiger partial charge < -0.3 is 10.6 Å². The standard InChI is InChI=1S/C15H22N2O/c1-10-4-5-13(12(3)8-10)15(18)17-7-6-11(2)14(16)9-17/h4-5,8,11,14H,6-7,9,16H2,1-3H3. The van der Waals surface area contributed by atoms with Crippen molar-refractivity contribution in [2.24, 2.45) is 11.7 Å². The van der Waals surface area contributed by atoms with Gasteiger partial charge in [-0.1, -0.05) is 24.6 Å². The van der Waals surface area contributed by atoms with Crippen LogP contribution < -0.4 is 5.73 Å². The van der Waals surface area contributed by atoms with Crippen LogP contribution >= 0.6 is 0 Å². The first-order chi connectivity index (χ1) is 8.49. The Morgan fingerprint density at radius 2 is 2.11 bits per heavy atom. The highest BCUT2D eigenvalue weighted by Gasteiger charge is 2.27. The summed E-state index contributed by atoms with van der Waals surface area (Å²) in [4.78, 5) is 14.3. The average molecular weight is 246 g/mol. The Balaban J connectivity index is 2.16. The van der Waals surface area contributed by atoms with Gasteiger partial charge >= 0.3 is 0 Å². The van der Waals surface area contributed by atoms with Gasteiger partial charge in [0.25, 0.3) is 5.91 Å². The first-order valence-electron chi connectivity index (χ1n) is 6.61. The molecule has 1 saturated heterocycles. The predicted molar refractivity (Wildman–Crippen MR) is 73.6 cm³/mol. The van der Waals surface area contributed by atoms with Crippen LogP contribution in [0.15, 0.2) is 18.2 Å². The van der Waals surface area contributed by atoms with E-state index < -0.39 is 0 Å². The second kappa shape index (κ2) is 5.11. The molecular formula is C15H22N2O. The van der Waals surface area contributed by atoms with Crippen molar-refractivity contribution in [2.45, 2.75) is 33.2 Å². The van der Waals surface area contributed by atoms with Gasteiger partial charge in [0.1, 0.15) is 0 Å². The molecule has 2 unspecified atom stereocenters. The number of hydrogen-bond donors (Lipinski definition) is 1. The molecule has 0 aliphatic carbocycles. The Labute approximate surface area is 109 Å². The average Bonchev–Trinajstić information content (AvgIpc) is 2.32. The number of nitrogens with two attached hydrogens (primary N) is 1. The van der Waals surface area contributed by atoms with E-state index >= 15 is 0 Å². The Bertz CT molecular complexity index is 456. The summed E-state index contributed by atoms with van der Waals surface area (Å²) in [6.45, 7) is 7.68. The van der Waals surface area contributed by atoms with Crippen molar-refractivity contribution in [3.8, 4) is 0 Å². The molecule has 0 bridgehead atoms. The number of rotatable bonds is 1. The predicted octanol–water partition coefficient (Wildman–Crippen LogP) is 2.11. The van der Waals surface area contributed by atoms with Gasteiger partial charge in [0, 0.05) is 24.7 Å². The fourth-order valence-electron chi connectivity index (χ4n) is 2.51. The number of nitrogens with zero attached hydrogens (tertiary/aromatic N) is 1. The molecule has 1 aliphatic heterocycles. The molecule has 1 aromatic carbocycles. The van der Waals surface area contributed by atoms with Crippen LogP contribution in [0.1, 0.15) is 34.8 Å². The zero-order chi connectivity index (χ0) is 13.3. The normalized spacial score (nSPS) is 24.1. The molecule has 3 heteroatoms. The van der Waals surface area contributed by atoms with E-state index in [2.05, 4.69) is 13.0 Å². The van der Waals surface area contributed by atoms with Crippen molar-refractivity contribution >= 4 is 5.91 Å². The van der Waals surface area contributed by atoms with Crippen molar-refractivity contribution in [3.63, 3.8) is 0 Å². The van der Waals surface area contributed by atoms with Crippen LogP contribution in [0.3, 0.4) is 0 Å². The van der Waals surface area contributed by atoms with Crippen LogP contribution in [-0.4, -0.2) is 29.9 Å². The molecule has 3 nitrogen and oxygen atoms in total. The summed E-state index contributed by atoms with van der Waals surface area (Å²) in [5.74, 6) is 0.628. The molecule has 0 spiro atoms. The SMILES string of the molecule is Cc1ccc(C(=O)N2CCC(C)C(N)C2)c(C)c1. The Hall–Kier alpha value is -1.35. The Morgan fingerprint density at radius 3 is 2.72 bits per heavy atom. The van der Waals surface area contributed by atoms with Crippen LogP contribution in [-0.2, 0) is 0 Å². The fraction of sp³-hybridized carbons (Fsp3) is 0.533. The van der Waals surface area contributed by atoms with E-state index in [1.807, 2.05) is 30.9 Å². The molecule has 1 aromatic rings. The Morgan fingerprint density at radius 1 is 1.39 bits per heavy atom. The number of hydrogen-bond acceptors (Lipinski definition) is 2. The molecular weight excluding hydrogens is 224 g/mol. The largest absolute Gasteiger partial charge is 0.337 e. The van der Waals surface area contributed by atoms with Crippen molar-refractivity contribution in [1.29, 1.82) is 0 Å².